The highest BCUT2D eigenvalue weighted by molar-refractivity contribution is 8.00. The highest BCUT2D eigenvalue weighted by Crippen LogP contribution is 2.36. The average Bonchev–Trinajstić information content (AvgIpc) is 3.36. The number of benzene rings is 3. The van der Waals surface area contributed by atoms with E-state index in [1.165, 1.54) is 12.1 Å². The van der Waals surface area contributed by atoms with Gasteiger partial charge in [0.1, 0.15) is 18.7 Å². The van der Waals surface area contributed by atoms with Crippen LogP contribution in [-0.4, -0.2) is 65.3 Å². The molecule has 1 aromatic heterocycles. The van der Waals surface area contributed by atoms with Crippen molar-refractivity contribution in [1.29, 1.82) is 0 Å². The van der Waals surface area contributed by atoms with Gasteiger partial charge in [0.15, 0.2) is 0 Å². The van der Waals surface area contributed by atoms with Crippen LogP contribution >= 0.6 is 11.8 Å². The predicted molar refractivity (Wildman–Crippen MR) is 143 cm³/mol. The smallest absolute Gasteiger partial charge is 0.446 e. The molecule has 0 unspecified atom stereocenters. The number of thioether (sulfide) groups is 1. The largest absolute Gasteiger partial charge is 0.489 e. The second-order valence-corrected chi connectivity index (χ2v) is 10.1. The highest BCUT2D eigenvalue weighted by atomic mass is 32.2. The topological polar surface area (TPSA) is 68.6 Å². The van der Waals surface area contributed by atoms with Gasteiger partial charge in [0.25, 0.3) is 5.91 Å². The van der Waals surface area contributed by atoms with Gasteiger partial charge >= 0.3 is 5.51 Å². The van der Waals surface area contributed by atoms with Crippen LogP contribution in [0, 0.1) is 0 Å². The standard InChI is InChI=1S/C28H27F3N4O3S/c29-28(30,31)39-24-8-1-20(2-9-24)18-38-23-6-4-22(5-7-23)35-19-33-25-17-21(3-10-26(25)35)27(36)32-11-12-34-13-15-37-16-14-34/h1-10,17,19H,11-16,18H2,(H,32,36). The first-order valence-electron chi connectivity index (χ1n) is 12.5. The van der Waals surface area contributed by atoms with Gasteiger partial charge < -0.3 is 14.8 Å². The van der Waals surface area contributed by atoms with E-state index in [9.17, 15) is 18.0 Å². The van der Waals surface area contributed by atoms with Gasteiger partial charge in [0.2, 0.25) is 0 Å². The van der Waals surface area contributed by atoms with E-state index >= 15 is 0 Å². The van der Waals surface area contributed by atoms with Crippen LogP contribution in [-0.2, 0) is 11.3 Å². The second kappa shape index (κ2) is 12.1. The summed E-state index contributed by atoms with van der Waals surface area (Å²) in [6.07, 6.45) is 1.71. The molecule has 5 rings (SSSR count). The molecule has 39 heavy (non-hydrogen) atoms. The van der Waals surface area contributed by atoms with Crippen molar-refractivity contribution in [2.75, 3.05) is 39.4 Å². The maximum Gasteiger partial charge on any atom is 0.446 e. The molecule has 1 N–H and O–H groups in total. The summed E-state index contributed by atoms with van der Waals surface area (Å²) in [5.41, 5.74) is -0.522. The number of halogens is 3. The molecule has 3 aromatic carbocycles. The predicted octanol–water partition coefficient (Wildman–Crippen LogP) is 5.28. The summed E-state index contributed by atoms with van der Waals surface area (Å²) < 4.78 is 50.5. The molecule has 1 aliphatic heterocycles. The first kappa shape index (κ1) is 27.0. The summed E-state index contributed by atoms with van der Waals surface area (Å²) in [4.78, 5) is 19.5. The summed E-state index contributed by atoms with van der Waals surface area (Å²) >= 11 is -0.138. The van der Waals surface area contributed by atoms with Crippen LogP contribution in [0.3, 0.4) is 0 Å². The van der Waals surface area contributed by atoms with Crippen molar-refractivity contribution in [3.63, 3.8) is 0 Å². The molecule has 0 atom stereocenters. The van der Waals surface area contributed by atoms with Crippen LogP contribution in [0.4, 0.5) is 13.2 Å². The molecule has 7 nitrogen and oxygen atoms in total. The summed E-state index contributed by atoms with van der Waals surface area (Å²) in [5.74, 6) is 0.503. The minimum Gasteiger partial charge on any atom is -0.489 e. The number of nitrogens with one attached hydrogen (secondary N) is 1. The van der Waals surface area contributed by atoms with E-state index < -0.39 is 5.51 Å². The first-order chi connectivity index (χ1) is 18.8. The Labute approximate surface area is 227 Å². The Bertz CT molecular complexity index is 1400. The SMILES string of the molecule is O=C(NCCN1CCOCC1)c1ccc2c(c1)ncn2-c1ccc(OCc2ccc(SC(F)(F)F)cc2)cc1. The van der Waals surface area contributed by atoms with Crippen molar-refractivity contribution in [3.05, 3.63) is 84.2 Å². The van der Waals surface area contributed by atoms with E-state index in [4.69, 9.17) is 9.47 Å². The van der Waals surface area contributed by atoms with E-state index in [0.29, 0.717) is 23.4 Å². The molecule has 2 heterocycles. The van der Waals surface area contributed by atoms with Gasteiger partial charge in [-0.2, -0.15) is 13.2 Å². The fraction of sp³-hybridized carbons (Fsp3) is 0.286. The zero-order valence-electron chi connectivity index (χ0n) is 21.0. The van der Waals surface area contributed by atoms with Crippen LogP contribution < -0.4 is 10.1 Å². The second-order valence-electron chi connectivity index (χ2n) is 9.00. The molecule has 1 saturated heterocycles. The third-order valence-electron chi connectivity index (χ3n) is 6.30. The summed E-state index contributed by atoms with van der Waals surface area (Å²) in [6, 6.07) is 19.0. The van der Waals surface area contributed by atoms with Gasteiger partial charge in [0.05, 0.1) is 24.2 Å². The number of morpholine rings is 1. The number of rotatable bonds is 9. The number of imidazole rings is 1. The Hall–Kier alpha value is -3.54. The number of hydrogen-bond donors (Lipinski definition) is 1. The highest BCUT2D eigenvalue weighted by Gasteiger charge is 2.29. The lowest BCUT2D eigenvalue weighted by Gasteiger charge is -2.26. The van der Waals surface area contributed by atoms with Crippen LogP contribution in [0.2, 0.25) is 0 Å². The quantitative estimate of drug-likeness (QED) is 0.283. The number of fused-ring (bicyclic) bond motifs is 1. The number of alkyl halides is 3. The van der Waals surface area contributed by atoms with E-state index in [1.807, 2.05) is 34.9 Å². The maximum atomic E-state index is 12.6. The molecule has 0 saturated carbocycles. The molecular formula is C28H27F3N4O3S. The van der Waals surface area contributed by atoms with Crippen molar-refractivity contribution >= 4 is 28.7 Å². The molecular weight excluding hydrogens is 529 g/mol. The Balaban J connectivity index is 1.17. The Morgan fingerprint density at radius 3 is 2.49 bits per heavy atom. The molecule has 4 aromatic rings. The molecule has 11 heteroatoms. The molecule has 0 aliphatic carbocycles. The van der Waals surface area contributed by atoms with E-state index in [1.54, 1.807) is 30.6 Å². The monoisotopic (exact) mass is 556 g/mol. The number of carbonyl (C=O) groups is 1. The molecule has 204 valence electrons. The van der Waals surface area contributed by atoms with Gasteiger partial charge in [-0.25, -0.2) is 4.98 Å². The molecule has 0 bridgehead atoms. The minimum absolute atomic E-state index is 0.130. The van der Waals surface area contributed by atoms with Crippen LogP contribution in [0.5, 0.6) is 5.75 Å². The minimum atomic E-state index is -4.31. The lowest BCUT2D eigenvalue weighted by Crippen LogP contribution is -2.41. The van der Waals surface area contributed by atoms with E-state index in [0.717, 1.165) is 49.6 Å². The van der Waals surface area contributed by atoms with Crippen LogP contribution in [0.25, 0.3) is 16.7 Å². The van der Waals surface area contributed by atoms with Crippen molar-refractivity contribution in [2.45, 2.75) is 17.0 Å². The summed E-state index contributed by atoms with van der Waals surface area (Å²) in [5, 5.41) is 2.97. The number of nitrogens with zero attached hydrogens (tertiary/aromatic N) is 3. The van der Waals surface area contributed by atoms with Gasteiger partial charge in [-0.3, -0.25) is 14.3 Å². The zero-order chi connectivity index (χ0) is 27.2. The van der Waals surface area contributed by atoms with Crippen molar-refractivity contribution < 1.29 is 27.4 Å². The van der Waals surface area contributed by atoms with Gasteiger partial charge in [-0.1, -0.05) is 12.1 Å². The van der Waals surface area contributed by atoms with Crippen LogP contribution in [0.15, 0.2) is 78.0 Å². The number of aromatic nitrogens is 2. The maximum absolute atomic E-state index is 12.6. The molecule has 1 amide bonds. The number of hydrogen-bond acceptors (Lipinski definition) is 6. The third kappa shape index (κ3) is 7.31. The van der Waals surface area contributed by atoms with Crippen molar-refractivity contribution in [3.8, 4) is 11.4 Å². The zero-order valence-corrected chi connectivity index (χ0v) is 21.8. The summed E-state index contributed by atoms with van der Waals surface area (Å²) in [6.45, 7) is 4.83. The molecule has 0 spiro atoms. The Morgan fingerprint density at radius 1 is 1.03 bits per heavy atom. The normalized spacial score (nSPS) is 14.4. The first-order valence-corrected chi connectivity index (χ1v) is 13.3. The van der Waals surface area contributed by atoms with E-state index in [2.05, 4.69) is 15.2 Å². The number of carbonyl (C=O) groups excluding carboxylic acids is 1. The fourth-order valence-corrected chi connectivity index (χ4v) is 4.81. The lowest BCUT2D eigenvalue weighted by molar-refractivity contribution is -0.0328. The van der Waals surface area contributed by atoms with E-state index in [-0.39, 0.29) is 29.2 Å². The lowest BCUT2D eigenvalue weighted by atomic mass is 10.2. The Kier molecular flexibility index (Phi) is 8.39. The van der Waals surface area contributed by atoms with Crippen molar-refractivity contribution in [1.82, 2.24) is 19.8 Å². The van der Waals surface area contributed by atoms with Crippen LogP contribution in [0.1, 0.15) is 15.9 Å². The fourth-order valence-electron chi connectivity index (χ4n) is 4.27. The number of amides is 1. The summed E-state index contributed by atoms with van der Waals surface area (Å²) in [7, 11) is 0. The third-order valence-corrected chi connectivity index (χ3v) is 7.04. The Morgan fingerprint density at radius 2 is 1.77 bits per heavy atom. The van der Waals surface area contributed by atoms with Crippen molar-refractivity contribution in [2.24, 2.45) is 0 Å². The molecule has 0 radical (unpaired) electrons. The number of ether oxygens (including phenoxy) is 2. The average molecular weight is 557 g/mol. The van der Waals surface area contributed by atoms with Gasteiger partial charge in [-0.05, 0) is 71.9 Å². The van der Waals surface area contributed by atoms with Gasteiger partial charge in [-0.15, -0.1) is 0 Å². The van der Waals surface area contributed by atoms with Gasteiger partial charge in [0, 0.05) is 42.3 Å². The molecule has 1 fully saturated rings. The molecule has 1 aliphatic rings.